The minimum absolute atomic E-state index is 0.0184. The lowest BCUT2D eigenvalue weighted by Gasteiger charge is -2.31. The van der Waals surface area contributed by atoms with Gasteiger partial charge in [-0.25, -0.2) is 8.42 Å². The van der Waals surface area contributed by atoms with Gasteiger partial charge in [0.05, 0.1) is 10.9 Å². The first-order valence-electron chi connectivity index (χ1n) is 12.0. The normalized spacial score (nSPS) is 18.0. The van der Waals surface area contributed by atoms with E-state index in [0.717, 1.165) is 12.0 Å². The van der Waals surface area contributed by atoms with E-state index >= 15 is 0 Å². The molecule has 1 fully saturated rings. The number of ether oxygens (including phenoxy) is 2. The summed E-state index contributed by atoms with van der Waals surface area (Å²) in [6.45, 7) is 7.86. The Hall–Kier alpha value is -2.58. The second-order valence-corrected chi connectivity index (χ2v) is 11.5. The number of hydrogen-bond donors (Lipinski definition) is 1. The first kappa shape index (κ1) is 24.5. The van der Waals surface area contributed by atoms with Crippen LogP contribution < -0.4 is 14.8 Å². The molecule has 2 aliphatic heterocycles. The Morgan fingerprint density at radius 3 is 2.29 bits per heavy atom. The largest absolute Gasteiger partial charge is 0.486 e. The molecule has 2 heterocycles. The van der Waals surface area contributed by atoms with Crippen molar-refractivity contribution in [3.8, 4) is 11.5 Å². The number of fused-ring (bicyclic) bond motifs is 1. The molecule has 0 unspecified atom stereocenters. The van der Waals surface area contributed by atoms with Gasteiger partial charge in [0.25, 0.3) is 0 Å². The zero-order valence-corrected chi connectivity index (χ0v) is 20.9. The minimum Gasteiger partial charge on any atom is -0.486 e. The highest BCUT2D eigenvalue weighted by molar-refractivity contribution is 7.89. The molecule has 2 aromatic rings. The molecule has 1 amide bonds. The van der Waals surface area contributed by atoms with Crippen LogP contribution in [0.1, 0.15) is 50.8 Å². The van der Waals surface area contributed by atoms with Gasteiger partial charge in [-0.1, -0.05) is 38.1 Å². The van der Waals surface area contributed by atoms with Gasteiger partial charge in [0.15, 0.2) is 11.5 Å². The first-order valence-corrected chi connectivity index (χ1v) is 13.5. The number of benzene rings is 2. The summed E-state index contributed by atoms with van der Waals surface area (Å²) in [6.07, 6.45) is 2.03. The van der Waals surface area contributed by atoms with Crippen LogP contribution in [0.15, 0.2) is 47.4 Å². The number of piperidine rings is 1. The Balaban J connectivity index is 1.32. The fourth-order valence-electron chi connectivity index (χ4n) is 4.52. The molecular weight excluding hydrogens is 452 g/mol. The summed E-state index contributed by atoms with van der Waals surface area (Å²) >= 11 is 0. The van der Waals surface area contributed by atoms with Crippen molar-refractivity contribution in [1.82, 2.24) is 9.62 Å². The lowest BCUT2D eigenvalue weighted by Crippen LogP contribution is -2.43. The third-order valence-corrected chi connectivity index (χ3v) is 8.35. The van der Waals surface area contributed by atoms with Crippen molar-refractivity contribution in [1.29, 1.82) is 0 Å². The number of sulfonamides is 1. The number of nitrogens with one attached hydrogen (secondary N) is 1. The van der Waals surface area contributed by atoms with Crippen molar-refractivity contribution in [2.45, 2.75) is 51.0 Å². The molecule has 34 heavy (non-hydrogen) atoms. The summed E-state index contributed by atoms with van der Waals surface area (Å²) in [6, 6.07) is 13.0. The van der Waals surface area contributed by atoms with E-state index in [2.05, 4.69) is 43.4 Å². The zero-order valence-electron chi connectivity index (χ0n) is 20.1. The van der Waals surface area contributed by atoms with Crippen LogP contribution in [0, 0.1) is 11.8 Å². The SMILES string of the molecule is CC(C)Cc1ccc([C@H](C)NC(=O)C2CCN(S(=O)(=O)c3ccc4c(c3)OCCO4)CC2)cc1. The Labute approximate surface area is 202 Å². The molecule has 1 N–H and O–H groups in total. The molecule has 2 aliphatic rings. The van der Waals surface area contributed by atoms with Crippen LogP contribution in [0.4, 0.5) is 0 Å². The molecule has 0 bridgehead atoms. The van der Waals surface area contributed by atoms with Crippen molar-refractivity contribution < 1.29 is 22.7 Å². The van der Waals surface area contributed by atoms with E-state index in [0.29, 0.717) is 56.6 Å². The molecule has 0 radical (unpaired) electrons. The Kier molecular flexibility index (Phi) is 7.48. The molecule has 4 rings (SSSR count). The molecule has 184 valence electrons. The molecule has 1 atom stereocenters. The van der Waals surface area contributed by atoms with Crippen LogP contribution in [0.2, 0.25) is 0 Å². The monoisotopic (exact) mass is 486 g/mol. The average molecular weight is 487 g/mol. The lowest BCUT2D eigenvalue weighted by molar-refractivity contribution is -0.126. The second-order valence-electron chi connectivity index (χ2n) is 9.55. The van der Waals surface area contributed by atoms with Crippen LogP contribution >= 0.6 is 0 Å². The maximum absolute atomic E-state index is 13.1. The van der Waals surface area contributed by atoms with Crippen molar-refractivity contribution in [3.63, 3.8) is 0 Å². The Morgan fingerprint density at radius 1 is 1.00 bits per heavy atom. The van der Waals surface area contributed by atoms with Crippen LogP contribution in [0.5, 0.6) is 11.5 Å². The van der Waals surface area contributed by atoms with Gasteiger partial charge in [-0.2, -0.15) is 4.31 Å². The van der Waals surface area contributed by atoms with Crippen molar-refractivity contribution in [2.75, 3.05) is 26.3 Å². The fourth-order valence-corrected chi connectivity index (χ4v) is 6.01. The Bertz CT molecular complexity index is 1110. The molecule has 2 aromatic carbocycles. The smallest absolute Gasteiger partial charge is 0.243 e. The van der Waals surface area contributed by atoms with Crippen LogP contribution in [-0.2, 0) is 21.2 Å². The molecule has 0 saturated carbocycles. The van der Waals surface area contributed by atoms with Crippen molar-refractivity contribution in [3.05, 3.63) is 53.6 Å². The number of carbonyl (C=O) groups is 1. The average Bonchev–Trinajstić information content (AvgIpc) is 2.83. The van der Waals surface area contributed by atoms with E-state index < -0.39 is 10.0 Å². The van der Waals surface area contributed by atoms with Crippen molar-refractivity contribution >= 4 is 15.9 Å². The standard InChI is InChI=1S/C26H34N2O5S/c1-18(2)16-20-4-6-21(7-5-20)19(3)27-26(29)22-10-12-28(13-11-22)34(30,31)23-8-9-24-25(17-23)33-15-14-32-24/h4-9,17-19,22H,10-16H2,1-3H3,(H,27,29)/t19-/m0/s1. The van der Waals surface area contributed by atoms with Gasteiger partial charge >= 0.3 is 0 Å². The van der Waals surface area contributed by atoms with E-state index in [1.807, 2.05) is 6.92 Å². The van der Waals surface area contributed by atoms with E-state index in [1.165, 1.54) is 15.9 Å². The fraction of sp³-hybridized carbons (Fsp3) is 0.500. The number of amides is 1. The number of nitrogens with zero attached hydrogens (tertiary/aromatic N) is 1. The minimum atomic E-state index is -3.66. The van der Waals surface area contributed by atoms with Crippen molar-refractivity contribution in [2.24, 2.45) is 11.8 Å². The Morgan fingerprint density at radius 2 is 1.65 bits per heavy atom. The molecule has 1 saturated heterocycles. The first-order chi connectivity index (χ1) is 16.2. The summed E-state index contributed by atoms with van der Waals surface area (Å²) in [5.41, 5.74) is 2.36. The van der Waals surface area contributed by atoms with Gasteiger partial charge in [-0.3, -0.25) is 4.79 Å². The van der Waals surface area contributed by atoms with E-state index in [9.17, 15) is 13.2 Å². The molecule has 8 heteroatoms. The van der Waals surface area contributed by atoms with Gasteiger partial charge in [-0.05, 0) is 55.4 Å². The van der Waals surface area contributed by atoms with Crippen LogP contribution in [-0.4, -0.2) is 44.9 Å². The van der Waals surface area contributed by atoms with E-state index in [4.69, 9.17) is 9.47 Å². The summed E-state index contributed by atoms with van der Waals surface area (Å²) in [5.74, 6) is 1.40. The number of carbonyl (C=O) groups excluding carboxylic acids is 1. The second kappa shape index (κ2) is 10.4. The van der Waals surface area contributed by atoms with Gasteiger partial charge in [0.2, 0.25) is 15.9 Å². The van der Waals surface area contributed by atoms with E-state index in [-0.39, 0.29) is 22.8 Å². The van der Waals surface area contributed by atoms with Crippen LogP contribution in [0.25, 0.3) is 0 Å². The van der Waals surface area contributed by atoms with Gasteiger partial charge in [-0.15, -0.1) is 0 Å². The van der Waals surface area contributed by atoms with Gasteiger partial charge in [0, 0.05) is 25.1 Å². The third-order valence-electron chi connectivity index (χ3n) is 6.46. The maximum Gasteiger partial charge on any atom is 0.243 e. The summed E-state index contributed by atoms with van der Waals surface area (Å²) in [4.78, 5) is 13.1. The summed E-state index contributed by atoms with van der Waals surface area (Å²) in [5, 5.41) is 3.11. The van der Waals surface area contributed by atoms with Gasteiger partial charge < -0.3 is 14.8 Å². The lowest BCUT2D eigenvalue weighted by atomic mass is 9.96. The molecule has 0 aliphatic carbocycles. The molecule has 7 nitrogen and oxygen atoms in total. The maximum atomic E-state index is 13.1. The number of rotatable bonds is 7. The highest BCUT2D eigenvalue weighted by atomic mass is 32.2. The van der Waals surface area contributed by atoms with Gasteiger partial charge in [0.1, 0.15) is 13.2 Å². The van der Waals surface area contributed by atoms with Crippen LogP contribution in [0.3, 0.4) is 0 Å². The third kappa shape index (κ3) is 5.55. The zero-order chi connectivity index (χ0) is 24.3. The summed E-state index contributed by atoms with van der Waals surface area (Å²) in [7, 11) is -3.66. The highest BCUT2D eigenvalue weighted by Crippen LogP contribution is 2.34. The quantitative estimate of drug-likeness (QED) is 0.641. The topological polar surface area (TPSA) is 84.9 Å². The summed E-state index contributed by atoms with van der Waals surface area (Å²) < 4.78 is 38.7. The highest BCUT2D eigenvalue weighted by Gasteiger charge is 2.33. The molecule has 0 aromatic heterocycles. The molecule has 0 spiro atoms. The predicted molar refractivity (Wildman–Crippen MR) is 130 cm³/mol. The predicted octanol–water partition coefficient (Wildman–Crippen LogP) is 3.93. The van der Waals surface area contributed by atoms with E-state index in [1.54, 1.807) is 12.1 Å². The number of hydrogen-bond acceptors (Lipinski definition) is 5. The molecular formula is C26H34N2O5S.